The zero-order valence-electron chi connectivity index (χ0n) is 14.8. The molecule has 0 spiro atoms. The summed E-state index contributed by atoms with van der Waals surface area (Å²) in [6.45, 7) is 17.5. The van der Waals surface area contributed by atoms with Crippen LogP contribution in [0.2, 0.25) is 0 Å². The number of likely N-dealkylation sites (tertiary alicyclic amines) is 1. The largest absolute Gasteiger partial charge is 0.329 e. The van der Waals surface area contributed by atoms with Gasteiger partial charge in [-0.05, 0) is 69.4 Å². The van der Waals surface area contributed by atoms with Gasteiger partial charge in [0.05, 0.1) is 0 Å². The van der Waals surface area contributed by atoms with Gasteiger partial charge in [-0.1, -0.05) is 34.6 Å². The van der Waals surface area contributed by atoms with Crippen molar-refractivity contribution in [2.45, 2.75) is 79.2 Å². The van der Waals surface area contributed by atoms with Crippen LogP contribution >= 0.6 is 0 Å². The zero-order valence-corrected chi connectivity index (χ0v) is 14.8. The van der Waals surface area contributed by atoms with Gasteiger partial charge in [-0.25, -0.2) is 0 Å². The topological polar surface area (TPSA) is 29.3 Å². The molecule has 1 aliphatic heterocycles. The molecule has 0 aromatic heterocycles. The molecule has 0 bridgehead atoms. The van der Waals surface area contributed by atoms with E-state index >= 15 is 0 Å². The van der Waals surface area contributed by atoms with Crippen LogP contribution in [0.25, 0.3) is 0 Å². The molecule has 2 N–H and O–H groups in total. The van der Waals surface area contributed by atoms with Crippen LogP contribution in [0.5, 0.6) is 0 Å². The summed E-state index contributed by atoms with van der Waals surface area (Å²) < 4.78 is 0. The first-order valence-electron chi connectivity index (χ1n) is 8.64. The summed E-state index contributed by atoms with van der Waals surface area (Å²) >= 11 is 0. The van der Waals surface area contributed by atoms with Crippen molar-refractivity contribution in [1.29, 1.82) is 0 Å². The van der Waals surface area contributed by atoms with Crippen LogP contribution in [-0.4, -0.2) is 30.1 Å². The third-order valence-electron chi connectivity index (χ3n) is 5.42. The molecule has 2 unspecified atom stereocenters. The summed E-state index contributed by atoms with van der Waals surface area (Å²) in [5, 5.41) is 0. The van der Waals surface area contributed by atoms with Crippen molar-refractivity contribution in [1.82, 2.24) is 4.90 Å². The second-order valence-electron chi connectivity index (χ2n) is 8.61. The van der Waals surface area contributed by atoms with Crippen LogP contribution in [0, 0.1) is 17.3 Å². The van der Waals surface area contributed by atoms with Crippen molar-refractivity contribution in [2.75, 3.05) is 19.6 Å². The Hall–Kier alpha value is -0.0800. The fourth-order valence-electron chi connectivity index (χ4n) is 3.49. The van der Waals surface area contributed by atoms with Crippen molar-refractivity contribution in [3.8, 4) is 0 Å². The van der Waals surface area contributed by atoms with Crippen molar-refractivity contribution < 1.29 is 0 Å². The summed E-state index contributed by atoms with van der Waals surface area (Å²) in [5.74, 6) is 1.63. The second kappa shape index (κ2) is 7.26. The maximum Gasteiger partial charge on any atom is 0.0303 e. The van der Waals surface area contributed by atoms with Gasteiger partial charge < -0.3 is 5.73 Å². The van der Waals surface area contributed by atoms with Gasteiger partial charge in [0.15, 0.2) is 0 Å². The molecule has 1 rings (SSSR count). The standard InChI is InChI=1S/C18H38N2/c1-15(2)9-11-18(6,14-19)20-12-7-8-16(10-13-20)17(3,4)5/h15-16H,7-14,19H2,1-6H3. The number of nitrogens with zero attached hydrogens (tertiary/aromatic N) is 1. The minimum atomic E-state index is 0.205. The molecular weight excluding hydrogens is 244 g/mol. The average molecular weight is 283 g/mol. The molecule has 2 atom stereocenters. The van der Waals surface area contributed by atoms with E-state index in [4.69, 9.17) is 5.73 Å². The van der Waals surface area contributed by atoms with E-state index in [0.717, 1.165) is 18.4 Å². The van der Waals surface area contributed by atoms with Crippen molar-refractivity contribution in [3.63, 3.8) is 0 Å². The Morgan fingerprint density at radius 2 is 1.75 bits per heavy atom. The molecule has 2 nitrogen and oxygen atoms in total. The van der Waals surface area contributed by atoms with Crippen molar-refractivity contribution >= 4 is 0 Å². The van der Waals surface area contributed by atoms with E-state index in [1.165, 1.54) is 45.2 Å². The summed E-state index contributed by atoms with van der Waals surface area (Å²) in [4.78, 5) is 2.70. The highest BCUT2D eigenvalue weighted by Gasteiger charge is 2.34. The molecule has 1 saturated heterocycles. The first kappa shape index (κ1) is 18.0. The Bertz CT molecular complexity index is 280. The molecule has 0 aliphatic carbocycles. The number of hydrogen-bond donors (Lipinski definition) is 1. The number of rotatable bonds is 5. The fourth-order valence-corrected chi connectivity index (χ4v) is 3.49. The first-order chi connectivity index (χ1) is 9.19. The van der Waals surface area contributed by atoms with Crippen LogP contribution in [0.4, 0.5) is 0 Å². The number of nitrogens with two attached hydrogens (primary N) is 1. The maximum atomic E-state index is 6.15. The molecule has 2 heteroatoms. The smallest absolute Gasteiger partial charge is 0.0303 e. The molecule has 0 radical (unpaired) electrons. The lowest BCUT2D eigenvalue weighted by Gasteiger charge is -2.41. The molecule has 1 fully saturated rings. The van der Waals surface area contributed by atoms with Gasteiger partial charge in [-0.15, -0.1) is 0 Å². The van der Waals surface area contributed by atoms with E-state index in [0.29, 0.717) is 5.41 Å². The van der Waals surface area contributed by atoms with Crippen LogP contribution in [0.3, 0.4) is 0 Å². The summed E-state index contributed by atoms with van der Waals surface area (Å²) in [6.07, 6.45) is 6.57. The monoisotopic (exact) mass is 282 g/mol. The van der Waals surface area contributed by atoms with Crippen LogP contribution in [0.1, 0.15) is 73.6 Å². The van der Waals surface area contributed by atoms with Crippen LogP contribution < -0.4 is 5.73 Å². The zero-order chi connectivity index (χ0) is 15.4. The Morgan fingerprint density at radius 3 is 2.25 bits per heavy atom. The van der Waals surface area contributed by atoms with Gasteiger partial charge in [0.2, 0.25) is 0 Å². The number of hydrogen-bond acceptors (Lipinski definition) is 2. The lowest BCUT2D eigenvalue weighted by molar-refractivity contribution is 0.0948. The van der Waals surface area contributed by atoms with E-state index in [2.05, 4.69) is 46.4 Å². The van der Waals surface area contributed by atoms with Gasteiger partial charge in [0.1, 0.15) is 0 Å². The van der Waals surface area contributed by atoms with Gasteiger partial charge in [-0.2, -0.15) is 0 Å². The molecule has 20 heavy (non-hydrogen) atoms. The highest BCUT2D eigenvalue weighted by atomic mass is 15.2. The first-order valence-corrected chi connectivity index (χ1v) is 8.64. The van der Waals surface area contributed by atoms with Gasteiger partial charge >= 0.3 is 0 Å². The van der Waals surface area contributed by atoms with Gasteiger partial charge in [0, 0.05) is 12.1 Å². The lowest BCUT2D eigenvalue weighted by atomic mass is 9.76. The van der Waals surface area contributed by atoms with Crippen molar-refractivity contribution in [3.05, 3.63) is 0 Å². The third kappa shape index (κ3) is 5.04. The van der Waals surface area contributed by atoms with E-state index < -0.39 is 0 Å². The molecular formula is C18H38N2. The summed E-state index contributed by atoms with van der Waals surface area (Å²) in [5.41, 5.74) is 6.81. The Labute approximate surface area is 127 Å². The van der Waals surface area contributed by atoms with Gasteiger partial charge in [0.25, 0.3) is 0 Å². The predicted molar refractivity (Wildman–Crippen MR) is 89.9 cm³/mol. The molecule has 1 aliphatic rings. The van der Waals surface area contributed by atoms with E-state index in [1.54, 1.807) is 0 Å². The molecule has 0 aromatic rings. The average Bonchev–Trinajstić information content (AvgIpc) is 2.61. The highest BCUT2D eigenvalue weighted by molar-refractivity contribution is 4.90. The second-order valence-corrected chi connectivity index (χ2v) is 8.61. The van der Waals surface area contributed by atoms with E-state index in [9.17, 15) is 0 Å². The predicted octanol–water partition coefficient (Wildman–Crippen LogP) is 4.29. The minimum Gasteiger partial charge on any atom is -0.329 e. The normalized spacial score (nSPS) is 25.5. The van der Waals surface area contributed by atoms with Gasteiger partial charge in [-0.3, -0.25) is 4.90 Å². The van der Waals surface area contributed by atoms with E-state index in [1.807, 2.05) is 0 Å². The Morgan fingerprint density at radius 1 is 1.10 bits per heavy atom. The quantitative estimate of drug-likeness (QED) is 0.815. The molecule has 0 amide bonds. The van der Waals surface area contributed by atoms with Crippen molar-refractivity contribution in [2.24, 2.45) is 23.0 Å². The highest BCUT2D eigenvalue weighted by Crippen LogP contribution is 2.36. The van der Waals surface area contributed by atoms with E-state index in [-0.39, 0.29) is 5.54 Å². The van der Waals surface area contributed by atoms with Crippen LogP contribution in [0.15, 0.2) is 0 Å². The molecule has 0 aromatic carbocycles. The Balaban J connectivity index is 2.65. The molecule has 0 saturated carbocycles. The fraction of sp³-hybridized carbons (Fsp3) is 1.00. The Kier molecular flexibility index (Phi) is 6.53. The van der Waals surface area contributed by atoms with Crippen LogP contribution in [-0.2, 0) is 0 Å². The molecule has 120 valence electrons. The SMILES string of the molecule is CC(C)CCC(C)(CN)N1CCCC(C(C)(C)C)CC1. The lowest BCUT2D eigenvalue weighted by Crippen LogP contribution is -2.52. The summed E-state index contributed by atoms with van der Waals surface area (Å²) in [7, 11) is 0. The minimum absolute atomic E-state index is 0.205. The maximum absolute atomic E-state index is 6.15. The summed E-state index contributed by atoms with van der Waals surface area (Å²) in [6, 6.07) is 0. The third-order valence-corrected chi connectivity index (χ3v) is 5.42. The molecule has 1 heterocycles.